The topological polar surface area (TPSA) is 55.4 Å². The molecular weight excluding hydrogens is 318 g/mol. The molecule has 6 heteroatoms. The molecule has 0 radical (unpaired) electrons. The molecule has 4 nitrogen and oxygen atoms in total. The van der Waals surface area contributed by atoms with Crippen molar-refractivity contribution in [2.45, 2.75) is 23.6 Å². The van der Waals surface area contributed by atoms with Gasteiger partial charge >= 0.3 is 0 Å². The summed E-state index contributed by atoms with van der Waals surface area (Å²) in [6, 6.07) is 6.82. The fourth-order valence-electron chi connectivity index (χ4n) is 1.37. The molecule has 0 bridgehead atoms. The van der Waals surface area contributed by atoms with E-state index < -0.39 is 10.0 Å². The SMILES string of the molecule is CCOCCCNS(=O)(=O)c1ccc(CBr)cc1. The van der Waals surface area contributed by atoms with E-state index in [0.29, 0.717) is 31.1 Å². The van der Waals surface area contributed by atoms with Gasteiger partial charge in [-0.25, -0.2) is 13.1 Å². The van der Waals surface area contributed by atoms with Crippen LogP contribution in [0, 0.1) is 0 Å². The first-order valence-corrected chi connectivity index (χ1v) is 8.43. The molecule has 1 aromatic carbocycles. The second-order valence-electron chi connectivity index (χ2n) is 3.73. The van der Waals surface area contributed by atoms with Gasteiger partial charge in [0.2, 0.25) is 10.0 Å². The van der Waals surface area contributed by atoms with Crippen molar-refractivity contribution < 1.29 is 13.2 Å². The van der Waals surface area contributed by atoms with Gasteiger partial charge in [0.25, 0.3) is 0 Å². The molecule has 102 valence electrons. The number of rotatable bonds is 8. The predicted molar refractivity (Wildman–Crippen MR) is 75.4 cm³/mol. The second kappa shape index (κ2) is 7.89. The number of nitrogens with one attached hydrogen (secondary N) is 1. The van der Waals surface area contributed by atoms with Crippen LogP contribution in [0.2, 0.25) is 0 Å². The van der Waals surface area contributed by atoms with Crippen LogP contribution >= 0.6 is 15.9 Å². The fraction of sp³-hybridized carbons (Fsp3) is 0.500. The molecule has 0 amide bonds. The van der Waals surface area contributed by atoms with Crippen molar-refractivity contribution in [1.29, 1.82) is 0 Å². The molecule has 0 saturated carbocycles. The minimum atomic E-state index is -3.39. The first-order valence-electron chi connectivity index (χ1n) is 5.82. The van der Waals surface area contributed by atoms with Crippen molar-refractivity contribution in [3.8, 4) is 0 Å². The summed E-state index contributed by atoms with van der Waals surface area (Å²) in [5.74, 6) is 0. The molecule has 1 N–H and O–H groups in total. The average Bonchev–Trinajstić information content (AvgIpc) is 2.38. The predicted octanol–water partition coefficient (Wildman–Crippen LogP) is 2.29. The van der Waals surface area contributed by atoms with E-state index in [0.717, 1.165) is 10.9 Å². The number of benzene rings is 1. The highest BCUT2D eigenvalue weighted by Gasteiger charge is 2.12. The van der Waals surface area contributed by atoms with Gasteiger partial charge in [-0.15, -0.1) is 0 Å². The molecule has 0 spiro atoms. The van der Waals surface area contributed by atoms with E-state index >= 15 is 0 Å². The maximum absolute atomic E-state index is 11.9. The van der Waals surface area contributed by atoms with Crippen molar-refractivity contribution in [2.75, 3.05) is 19.8 Å². The summed E-state index contributed by atoms with van der Waals surface area (Å²) in [5, 5.41) is 0.717. The third kappa shape index (κ3) is 5.06. The van der Waals surface area contributed by atoms with Gasteiger partial charge in [-0.3, -0.25) is 0 Å². The lowest BCUT2D eigenvalue weighted by atomic mass is 10.2. The summed E-state index contributed by atoms with van der Waals surface area (Å²) in [6.07, 6.45) is 0.673. The highest BCUT2D eigenvalue weighted by Crippen LogP contribution is 2.12. The lowest BCUT2D eigenvalue weighted by molar-refractivity contribution is 0.146. The Morgan fingerprint density at radius 2 is 1.94 bits per heavy atom. The van der Waals surface area contributed by atoms with Gasteiger partial charge in [-0.1, -0.05) is 28.1 Å². The van der Waals surface area contributed by atoms with Gasteiger partial charge in [0.1, 0.15) is 0 Å². The molecule has 0 aromatic heterocycles. The molecule has 0 aliphatic carbocycles. The summed E-state index contributed by atoms with van der Waals surface area (Å²) < 4.78 is 31.5. The smallest absolute Gasteiger partial charge is 0.240 e. The van der Waals surface area contributed by atoms with Crippen LogP contribution in [-0.4, -0.2) is 28.2 Å². The third-order valence-electron chi connectivity index (χ3n) is 2.35. The Morgan fingerprint density at radius 3 is 2.50 bits per heavy atom. The third-order valence-corrected chi connectivity index (χ3v) is 4.47. The molecule has 1 rings (SSSR count). The molecule has 0 fully saturated rings. The molecule has 0 heterocycles. The summed E-state index contributed by atoms with van der Waals surface area (Å²) in [5.41, 5.74) is 1.05. The Morgan fingerprint density at radius 1 is 1.28 bits per heavy atom. The van der Waals surface area contributed by atoms with Crippen molar-refractivity contribution in [2.24, 2.45) is 0 Å². The zero-order valence-electron chi connectivity index (χ0n) is 10.4. The number of hydrogen-bond acceptors (Lipinski definition) is 3. The summed E-state index contributed by atoms with van der Waals surface area (Å²) >= 11 is 3.32. The highest BCUT2D eigenvalue weighted by molar-refractivity contribution is 9.08. The summed E-state index contributed by atoms with van der Waals surface area (Å²) in [7, 11) is -3.39. The Balaban J connectivity index is 2.51. The molecule has 1 aromatic rings. The molecule has 0 aliphatic rings. The van der Waals surface area contributed by atoms with Crippen LogP contribution in [-0.2, 0) is 20.1 Å². The monoisotopic (exact) mass is 335 g/mol. The van der Waals surface area contributed by atoms with Crippen molar-refractivity contribution >= 4 is 26.0 Å². The number of alkyl halides is 1. The number of halogens is 1. The molecule has 0 saturated heterocycles. The molecule has 0 atom stereocenters. The van der Waals surface area contributed by atoms with Gasteiger partial charge < -0.3 is 4.74 Å². The standard InChI is InChI=1S/C12H18BrNO3S/c1-2-17-9-3-8-14-18(15,16)12-6-4-11(10-13)5-7-12/h4-7,14H,2-3,8-10H2,1H3. The van der Waals surface area contributed by atoms with E-state index in [1.54, 1.807) is 24.3 Å². The summed E-state index contributed by atoms with van der Waals surface area (Å²) in [6.45, 7) is 3.53. The van der Waals surface area contributed by atoms with Crippen molar-refractivity contribution in [3.63, 3.8) is 0 Å². The number of sulfonamides is 1. The maximum atomic E-state index is 11.9. The van der Waals surface area contributed by atoms with Crippen LogP contribution < -0.4 is 4.72 Å². The first kappa shape index (κ1) is 15.6. The van der Waals surface area contributed by atoms with Crippen LogP contribution in [0.1, 0.15) is 18.9 Å². The zero-order chi connectivity index (χ0) is 13.4. The highest BCUT2D eigenvalue weighted by atomic mass is 79.9. The average molecular weight is 336 g/mol. The Hall–Kier alpha value is -0.430. The molecular formula is C12H18BrNO3S. The second-order valence-corrected chi connectivity index (χ2v) is 6.05. The minimum absolute atomic E-state index is 0.295. The normalized spacial score (nSPS) is 11.7. The van der Waals surface area contributed by atoms with Gasteiger partial charge in [-0.2, -0.15) is 0 Å². The fourth-order valence-corrected chi connectivity index (χ4v) is 2.81. The lowest BCUT2D eigenvalue weighted by Gasteiger charge is -2.07. The molecule has 0 aliphatic heterocycles. The van der Waals surface area contributed by atoms with E-state index in [-0.39, 0.29) is 0 Å². The van der Waals surface area contributed by atoms with E-state index in [1.165, 1.54) is 0 Å². The lowest BCUT2D eigenvalue weighted by Crippen LogP contribution is -2.25. The van der Waals surface area contributed by atoms with Crippen LogP contribution in [0.25, 0.3) is 0 Å². The summed E-state index contributed by atoms with van der Waals surface area (Å²) in [4.78, 5) is 0.295. The Labute approximate surface area is 117 Å². The zero-order valence-corrected chi connectivity index (χ0v) is 12.8. The van der Waals surface area contributed by atoms with Gasteiger partial charge in [0.05, 0.1) is 4.90 Å². The quantitative estimate of drug-likeness (QED) is 0.585. The van der Waals surface area contributed by atoms with E-state index in [4.69, 9.17) is 4.74 Å². The minimum Gasteiger partial charge on any atom is -0.382 e. The Bertz CT molecular complexity index is 445. The largest absolute Gasteiger partial charge is 0.382 e. The van der Waals surface area contributed by atoms with Gasteiger partial charge in [0.15, 0.2) is 0 Å². The van der Waals surface area contributed by atoms with E-state index in [1.807, 2.05) is 6.92 Å². The molecule has 18 heavy (non-hydrogen) atoms. The van der Waals surface area contributed by atoms with Gasteiger partial charge in [0, 0.05) is 25.1 Å². The van der Waals surface area contributed by atoms with Crippen molar-refractivity contribution in [1.82, 2.24) is 4.72 Å². The maximum Gasteiger partial charge on any atom is 0.240 e. The molecule has 0 unspecified atom stereocenters. The van der Waals surface area contributed by atoms with Crippen LogP contribution in [0.3, 0.4) is 0 Å². The Kier molecular flexibility index (Phi) is 6.85. The van der Waals surface area contributed by atoms with Crippen LogP contribution in [0.4, 0.5) is 0 Å². The number of hydrogen-bond donors (Lipinski definition) is 1. The van der Waals surface area contributed by atoms with E-state index in [9.17, 15) is 8.42 Å². The van der Waals surface area contributed by atoms with Crippen LogP contribution in [0.5, 0.6) is 0 Å². The number of ether oxygens (including phenoxy) is 1. The van der Waals surface area contributed by atoms with Gasteiger partial charge in [-0.05, 0) is 31.0 Å². The van der Waals surface area contributed by atoms with Crippen LogP contribution in [0.15, 0.2) is 29.2 Å². The first-order chi connectivity index (χ1) is 8.60. The van der Waals surface area contributed by atoms with E-state index in [2.05, 4.69) is 20.7 Å². The van der Waals surface area contributed by atoms with Crippen molar-refractivity contribution in [3.05, 3.63) is 29.8 Å².